The van der Waals surface area contributed by atoms with Gasteiger partial charge >= 0.3 is 5.97 Å². The van der Waals surface area contributed by atoms with Gasteiger partial charge in [0.15, 0.2) is 0 Å². The van der Waals surface area contributed by atoms with E-state index in [9.17, 15) is 15.0 Å². The summed E-state index contributed by atoms with van der Waals surface area (Å²) in [5, 5.41) is 19.6. The van der Waals surface area contributed by atoms with E-state index >= 15 is 0 Å². The Bertz CT molecular complexity index is 303. The molecule has 4 nitrogen and oxygen atoms in total. The van der Waals surface area contributed by atoms with E-state index in [2.05, 4.69) is 0 Å². The highest BCUT2D eigenvalue weighted by Gasteiger charge is 2.33. The predicted molar refractivity (Wildman–Crippen MR) is 87.5 cm³/mol. The minimum Gasteiger partial charge on any atom is -0.466 e. The first kappa shape index (κ1) is 19.4. The lowest BCUT2D eigenvalue weighted by Gasteiger charge is -2.22. The first-order valence-electron chi connectivity index (χ1n) is 9.06. The van der Waals surface area contributed by atoms with Crippen LogP contribution in [0.25, 0.3) is 0 Å². The van der Waals surface area contributed by atoms with Gasteiger partial charge in [0.05, 0.1) is 18.8 Å². The first-order chi connectivity index (χ1) is 10.5. The lowest BCUT2D eigenvalue weighted by molar-refractivity contribution is -0.143. The number of aliphatic hydroxyl groups excluding tert-OH is 2. The molecule has 2 N–H and O–H groups in total. The molecule has 1 aliphatic carbocycles. The van der Waals surface area contributed by atoms with E-state index in [1.165, 1.54) is 0 Å². The van der Waals surface area contributed by atoms with Gasteiger partial charge in [-0.15, -0.1) is 0 Å². The van der Waals surface area contributed by atoms with Gasteiger partial charge in [-0.25, -0.2) is 0 Å². The van der Waals surface area contributed by atoms with Crippen molar-refractivity contribution in [2.24, 2.45) is 11.8 Å². The molecule has 0 bridgehead atoms. The zero-order chi connectivity index (χ0) is 16.4. The van der Waals surface area contributed by atoms with Crippen molar-refractivity contribution >= 4 is 5.97 Å². The SMILES string of the molecule is CCOC(=O)CCCCCC[C@H]1[C@@H](CCC(C)O)CC[C@@H]1O. The highest BCUT2D eigenvalue weighted by Crippen LogP contribution is 2.38. The second-order valence-electron chi connectivity index (χ2n) is 6.75. The largest absolute Gasteiger partial charge is 0.466 e. The van der Waals surface area contributed by atoms with E-state index in [-0.39, 0.29) is 18.2 Å². The molecule has 0 saturated heterocycles. The van der Waals surface area contributed by atoms with Crippen LogP contribution in [0.3, 0.4) is 0 Å². The number of ether oxygens (including phenoxy) is 1. The van der Waals surface area contributed by atoms with Gasteiger partial charge in [-0.1, -0.05) is 19.3 Å². The molecule has 0 aromatic carbocycles. The van der Waals surface area contributed by atoms with Crippen molar-refractivity contribution in [1.29, 1.82) is 0 Å². The molecule has 4 heteroatoms. The minimum atomic E-state index is -0.235. The molecule has 0 heterocycles. The van der Waals surface area contributed by atoms with Crippen LogP contribution in [0.5, 0.6) is 0 Å². The molecule has 1 saturated carbocycles. The summed E-state index contributed by atoms with van der Waals surface area (Å²) in [6, 6.07) is 0. The molecule has 0 aliphatic heterocycles. The highest BCUT2D eigenvalue weighted by molar-refractivity contribution is 5.69. The van der Waals surface area contributed by atoms with E-state index < -0.39 is 0 Å². The van der Waals surface area contributed by atoms with E-state index in [0.29, 0.717) is 24.9 Å². The first-order valence-corrected chi connectivity index (χ1v) is 9.06. The Kier molecular flexibility index (Phi) is 9.73. The average molecular weight is 314 g/mol. The molecule has 22 heavy (non-hydrogen) atoms. The lowest BCUT2D eigenvalue weighted by atomic mass is 9.86. The number of hydrogen-bond donors (Lipinski definition) is 2. The molecule has 4 atom stereocenters. The Hall–Kier alpha value is -0.610. The van der Waals surface area contributed by atoms with Gasteiger partial charge in [-0.05, 0) is 64.2 Å². The summed E-state index contributed by atoms with van der Waals surface area (Å²) in [5.41, 5.74) is 0. The van der Waals surface area contributed by atoms with Gasteiger partial charge in [-0.3, -0.25) is 4.79 Å². The molecular formula is C18H34O4. The maximum Gasteiger partial charge on any atom is 0.305 e. The Morgan fingerprint density at radius 2 is 1.91 bits per heavy atom. The monoisotopic (exact) mass is 314 g/mol. The van der Waals surface area contributed by atoms with Crippen molar-refractivity contribution in [1.82, 2.24) is 0 Å². The van der Waals surface area contributed by atoms with E-state index in [4.69, 9.17) is 4.74 Å². The fraction of sp³-hybridized carbons (Fsp3) is 0.944. The molecule has 1 rings (SSSR count). The Morgan fingerprint density at radius 3 is 2.59 bits per heavy atom. The average Bonchev–Trinajstić information content (AvgIpc) is 2.81. The van der Waals surface area contributed by atoms with Crippen LogP contribution in [0, 0.1) is 11.8 Å². The standard InChI is InChI=1S/C18H34O4/c1-3-22-18(21)9-7-5-4-6-8-16-15(11-10-14(2)19)12-13-17(16)20/h14-17,19-20H,3-13H2,1-2H3/t14?,15-,16-,17-/m0/s1. The summed E-state index contributed by atoms with van der Waals surface area (Å²) < 4.78 is 4.91. The maximum absolute atomic E-state index is 11.2. The van der Waals surface area contributed by atoms with E-state index in [0.717, 1.165) is 57.8 Å². The van der Waals surface area contributed by atoms with Crippen LogP contribution in [-0.2, 0) is 9.53 Å². The zero-order valence-corrected chi connectivity index (χ0v) is 14.3. The number of unbranched alkanes of at least 4 members (excludes halogenated alkanes) is 3. The van der Waals surface area contributed by atoms with Crippen LogP contribution in [0.2, 0.25) is 0 Å². The van der Waals surface area contributed by atoms with Crippen molar-refractivity contribution in [2.45, 2.75) is 90.3 Å². The normalized spacial score (nSPS) is 26.1. The van der Waals surface area contributed by atoms with E-state index in [1.807, 2.05) is 13.8 Å². The summed E-state index contributed by atoms with van der Waals surface area (Å²) in [5.74, 6) is 0.889. The van der Waals surface area contributed by atoms with Crippen molar-refractivity contribution in [3.63, 3.8) is 0 Å². The maximum atomic E-state index is 11.2. The molecule has 130 valence electrons. The summed E-state index contributed by atoms with van der Waals surface area (Å²) >= 11 is 0. The summed E-state index contributed by atoms with van der Waals surface area (Å²) in [7, 11) is 0. The van der Waals surface area contributed by atoms with Crippen molar-refractivity contribution < 1.29 is 19.7 Å². The van der Waals surface area contributed by atoms with Crippen LogP contribution in [0.1, 0.15) is 78.1 Å². The summed E-state index contributed by atoms with van der Waals surface area (Å²) in [6.07, 6.45) is 9.29. The molecule has 0 amide bonds. The van der Waals surface area contributed by atoms with Crippen LogP contribution in [-0.4, -0.2) is 35.0 Å². The molecule has 1 fully saturated rings. The van der Waals surface area contributed by atoms with Crippen LogP contribution in [0.15, 0.2) is 0 Å². The second-order valence-corrected chi connectivity index (χ2v) is 6.75. The molecule has 1 unspecified atom stereocenters. The van der Waals surface area contributed by atoms with Gasteiger partial charge < -0.3 is 14.9 Å². The van der Waals surface area contributed by atoms with Gasteiger partial charge in [0.1, 0.15) is 0 Å². The molecule has 0 spiro atoms. The molecule has 0 aromatic heterocycles. The summed E-state index contributed by atoms with van der Waals surface area (Å²) in [4.78, 5) is 11.2. The molecule has 0 radical (unpaired) electrons. The van der Waals surface area contributed by atoms with Gasteiger partial charge in [0.2, 0.25) is 0 Å². The quantitative estimate of drug-likeness (QED) is 0.453. The number of aliphatic hydroxyl groups is 2. The van der Waals surface area contributed by atoms with Crippen LogP contribution in [0.4, 0.5) is 0 Å². The lowest BCUT2D eigenvalue weighted by Crippen LogP contribution is -2.20. The Morgan fingerprint density at radius 1 is 1.18 bits per heavy atom. The van der Waals surface area contributed by atoms with Crippen molar-refractivity contribution in [2.75, 3.05) is 6.61 Å². The van der Waals surface area contributed by atoms with Gasteiger partial charge in [0, 0.05) is 6.42 Å². The fourth-order valence-electron chi connectivity index (χ4n) is 3.61. The van der Waals surface area contributed by atoms with Crippen LogP contribution < -0.4 is 0 Å². The Labute approximate surface area is 135 Å². The number of esters is 1. The number of carbonyl (C=O) groups excluding carboxylic acids is 1. The van der Waals surface area contributed by atoms with Crippen molar-refractivity contribution in [3.05, 3.63) is 0 Å². The number of rotatable bonds is 11. The summed E-state index contributed by atoms with van der Waals surface area (Å²) in [6.45, 7) is 4.13. The minimum absolute atomic E-state index is 0.0908. The third-order valence-electron chi connectivity index (χ3n) is 4.86. The number of carbonyl (C=O) groups is 1. The van der Waals surface area contributed by atoms with Crippen molar-refractivity contribution in [3.8, 4) is 0 Å². The Balaban J connectivity index is 2.12. The van der Waals surface area contributed by atoms with E-state index in [1.54, 1.807) is 0 Å². The van der Waals surface area contributed by atoms with Gasteiger partial charge in [0.25, 0.3) is 0 Å². The second kappa shape index (κ2) is 11.0. The third-order valence-corrected chi connectivity index (χ3v) is 4.86. The third kappa shape index (κ3) is 7.59. The van der Waals surface area contributed by atoms with Crippen LogP contribution >= 0.6 is 0 Å². The molecule has 1 aliphatic rings. The smallest absolute Gasteiger partial charge is 0.305 e. The van der Waals surface area contributed by atoms with Gasteiger partial charge in [-0.2, -0.15) is 0 Å². The zero-order valence-electron chi connectivity index (χ0n) is 14.3. The number of hydrogen-bond acceptors (Lipinski definition) is 4. The topological polar surface area (TPSA) is 66.8 Å². The predicted octanol–water partition coefficient (Wildman–Crippen LogP) is 3.44. The fourth-order valence-corrected chi connectivity index (χ4v) is 3.61. The molecular weight excluding hydrogens is 280 g/mol. The molecule has 0 aromatic rings. The highest BCUT2D eigenvalue weighted by atomic mass is 16.5.